The van der Waals surface area contributed by atoms with E-state index in [4.69, 9.17) is 9.84 Å². The molecule has 0 bridgehead atoms. The fourth-order valence-corrected chi connectivity index (χ4v) is 3.72. The molecular weight excluding hydrogens is 323 g/mol. The average molecular weight is 337 g/mol. The van der Waals surface area contributed by atoms with E-state index >= 15 is 0 Å². The maximum atomic E-state index is 13.3. The quantitative estimate of drug-likeness (QED) is 0.921. The first kappa shape index (κ1) is 16.6. The topological polar surface area (TPSA) is 66.8 Å². The second kappa shape index (κ2) is 6.15. The smallest absolute Gasteiger partial charge is 0.417 e. The third-order valence-corrected chi connectivity index (χ3v) is 4.53. The van der Waals surface area contributed by atoms with Gasteiger partial charge in [0.2, 0.25) is 0 Å². The summed E-state index contributed by atoms with van der Waals surface area (Å²) < 4.78 is 44.6. The average Bonchev–Trinajstić information content (AvgIpc) is 2.74. The molecule has 1 aromatic rings. The molecule has 0 fully saturated rings. The number of aliphatic carboxylic acids is 1. The molecule has 1 N–H and O–H groups in total. The standard InChI is InChI=1S/C13H14F3NO4S/c1-2-21-12(20)17-4-3-8-7(6-17)11(13(14,15)16)9(22-8)5-10(18)19/h2-6H2,1H3,(H,18,19). The van der Waals surface area contributed by atoms with E-state index in [-0.39, 0.29) is 36.6 Å². The number of carboxylic acids is 1. The van der Waals surface area contributed by atoms with E-state index < -0.39 is 30.2 Å². The number of halogens is 3. The van der Waals surface area contributed by atoms with Gasteiger partial charge in [-0.2, -0.15) is 13.2 Å². The van der Waals surface area contributed by atoms with Gasteiger partial charge < -0.3 is 14.7 Å². The van der Waals surface area contributed by atoms with Crippen LogP contribution in [-0.4, -0.2) is 35.2 Å². The summed E-state index contributed by atoms with van der Waals surface area (Å²) in [5.74, 6) is -1.31. The molecule has 0 radical (unpaired) electrons. The highest BCUT2D eigenvalue weighted by atomic mass is 32.1. The molecule has 0 aliphatic carbocycles. The van der Waals surface area contributed by atoms with Gasteiger partial charge in [-0.25, -0.2) is 4.79 Å². The molecule has 0 saturated carbocycles. The van der Waals surface area contributed by atoms with E-state index in [9.17, 15) is 22.8 Å². The highest BCUT2D eigenvalue weighted by Gasteiger charge is 2.41. The van der Waals surface area contributed by atoms with Crippen LogP contribution in [0, 0.1) is 0 Å². The first-order chi connectivity index (χ1) is 10.2. The zero-order valence-electron chi connectivity index (χ0n) is 11.7. The van der Waals surface area contributed by atoms with Crippen LogP contribution in [0.25, 0.3) is 0 Å². The third kappa shape index (κ3) is 3.34. The first-order valence-electron chi connectivity index (χ1n) is 6.58. The molecule has 1 amide bonds. The predicted molar refractivity (Wildman–Crippen MR) is 71.8 cm³/mol. The largest absolute Gasteiger partial charge is 0.481 e. The number of amides is 1. The SMILES string of the molecule is CCOC(=O)N1CCc2sc(CC(=O)O)c(C(F)(F)F)c2C1. The Morgan fingerprint density at radius 1 is 1.41 bits per heavy atom. The Balaban J connectivity index is 2.38. The fourth-order valence-electron chi connectivity index (χ4n) is 2.41. The van der Waals surface area contributed by atoms with Crippen LogP contribution in [0.1, 0.15) is 27.8 Å². The normalized spacial score (nSPS) is 14.6. The van der Waals surface area contributed by atoms with Crippen molar-refractivity contribution in [1.82, 2.24) is 4.90 Å². The minimum absolute atomic E-state index is 0.00643. The number of alkyl halides is 3. The summed E-state index contributed by atoms with van der Waals surface area (Å²) in [4.78, 5) is 23.9. The molecular formula is C13H14F3NO4S. The van der Waals surface area contributed by atoms with Crippen molar-refractivity contribution in [3.8, 4) is 0 Å². The molecule has 2 heterocycles. The highest BCUT2D eigenvalue weighted by Crippen LogP contribution is 2.43. The van der Waals surface area contributed by atoms with Crippen LogP contribution >= 0.6 is 11.3 Å². The summed E-state index contributed by atoms with van der Waals surface area (Å²) in [5, 5.41) is 8.78. The Morgan fingerprint density at radius 3 is 2.64 bits per heavy atom. The van der Waals surface area contributed by atoms with Crippen molar-refractivity contribution in [3.63, 3.8) is 0 Å². The lowest BCUT2D eigenvalue weighted by Crippen LogP contribution is -2.36. The number of hydrogen-bond acceptors (Lipinski definition) is 4. The Hall–Kier alpha value is -1.77. The zero-order chi connectivity index (χ0) is 16.5. The summed E-state index contributed by atoms with van der Waals surface area (Å²) in [6, 6.07) is 0. The Morgan fingerprint density at radius 2 is 2.09 bits per heavy atom. The molecule has 2 rings (SSSR count). The van der Waals surface area contributed by atoms with Crippen molar-refractivity contribution in [3.05, 3.63) is 20.9 Å². The molecule has 0 saturated heterocycles. The van der Waals surface area contributed by atoms with Gasteiger partial charge >= 0.3 is 18.2 Å². The van der Waals surface area contributed by atoms with Gasteiger partial charge in [0, 0.05) is 16.3 Å². The minimum atomic E-state index is -4.65. The van der Waals surface area contributed by atoms with Crippen LogP contribution in [0.15, 0.2) is 0 Å². The lowest BCUT2D eigenvalue weighted by Gasteiger charge is -2.27. The van der Waals surface area contributed by atoms with Gasteiger partial charge in [0.15, 0.2) is 0 Å². The van der Waals surface area contributed by atoms with Crippen molar-refractivity contribution < 1.29 is 32.6 Å². The van der Waals surface area contributed by atoms with Gasteiger partial charge in [-0.05, 0) is 18.9 Å². The molecule has 0 spiro atoms. The lowest BCUT2D eigenvalue weighted by molar-refractivity contribution is -0.140. The Kier molecular flexibility index (Phi) is 4.64. The van der Waals surface area contributed by atoms with Gasteiger partial charge in [0.25, 0.3) is 0 Å². The van der Waals surface area contributed by atoms with Crippen LogP contribution in [0.3, 0.4) is 0 Å². The maximum absolute atomic E-state index is 13.3. The molecule has 0 unspecified atom stereocenters. The van der Waals surface area contributed by atoms with Crippen LogP contribution in [-0.2, 0) is 35.1 Å². The van der Waals surface area contributed by atoms with Crippen molar-refractivity contribution in [2.45, 2.75) is 32.5 Å². The zero-order valence-corrected chi connectivity index (χ0v) is 12.5. The van der Waals surface area contributed by atoms with E-state index in [1.54, 1.807) is 6.92 Å². The van der Waals surface area contributed by atoms with E-state index in [1.165, 1.54) is 4.90 Å². The van der Waals surface area contributed by atoms with Gasteiger partial charge in [0.05, 0.1) is 25.1 Å². The maximum Gasteiger partial charge on any atom is 0.417 e. The van der Waals surface area contributed by atoms with Gasteiger partial charge in [-0.15, -0.1) is 11.3 Å². The van der Waals surface area contributed by atoms with Crippen molar-refractivity contribution in [2.75, 3.05) is 13.2 Å². The number of carbonyl (C=O) groups is 2. The third-order valence-electron chi connectivity index (χ3n) is 3.24. The van der Waals surface area contributed by atoms with E-state index in [2.05, 4.69) is 0 Å². The number of carboxylic acid groups (broad SMARTS) is 1. The van der Waals surface area contributed by atoms with E-state index in [0.29, 0.717) is 4.88 Å². The molecule has 1 aliphatic heterocycles. The van der Waals surface area contributed by atoms with Crippen LogP contribution in [0.4, 0.5) is 18.0 Å². The van der Waals surface area contributed by atoms with Crippen molar-refractivity contribution in [1.29, 1.82) is 0 Å². The molecule has 0 aromatic carbocycles. The van der Waals surface area contributed by atoms with E-state index in [1.807, 2.05) is 0 Å². The fraction of sp³-hybridized carbons (Fsp3) is 0.538. The summed E-state index contributed by atoms with van der Waals surface area (Å²) in [5.41, 5.74) is -0.919. The molecule has 0 atom stereocenters. The summed E-state index contributed by atoms with van der Waals surface area (Å²) >= 11 is 0.865. The monoisotopic (exact) mass is 337 g/mol. The van der Waals surface area contributed by atoms with Crippen molar-refractivity contribution in [2.24, 2.45) is 0 Å². The summed E-state index contributed by atoms with van der Waals surface area (Å²) in [6.07, 6.45) is -5.72. The number of nitrogens with zero attached hydrogens (tertiary/aromatic N) is 1. The number of carbonyl (C=O) groups excluding carboxylic acids is 1. The molecule has 122 valence electrons. The lowest BCUT2D eigenvalue weighted by atomic mass is 10.0. The van der Waals surface area contributed by atoms with E-state index in [0.717, 1.165) is 11.3 Å². The number of rotatable bonds is 3. The number of fused-ring (bicyclic) bond motifs is 1. The van der Waals surface area contributed by atoms with Crippen LogP contribution in [0.5, 0.6) is 0 Å². The molecule has 9 heteroatoms. The molecule has 22 heavy (non-hydrogen) atoms. The van der Waals surface area contributed by atoms with Crippen LogP contribution < -0.4 is 0 Å². The van der Waals surface area contributed by atoms with Gasteiger partial charge in [0.1, 0.15) is 0 Å². The number of hydrogen-bond donors (Lipinski definition) is 1. The first-order valence-corrected chi connectivity index (χ1v) is 7.39. The minimum Gasteiger partial charge on any atom is -0.481 e. The highest BCUT2D eigenvalue weighted by molar-refractivity contribution is 7.12. The second-order valence-corrected chi connectivity index (χ2v) is 5.93. The predicted octanol–water partition coefficient (Wildman–Crippen LogP) is 2.91. The van der Waals surface area contributed by atoms with Gasteiger partial charge in [-0.1, -0.05) is 0 Å². The molecule has 1 aliphatic rings. The van der Waals surface area contributed by atoms with Crippen molar-refractivity contribution >= 4 is 23.4 Å². The second-order valence-electron chi connectivity index (χ2n) is 4.74. The Labute approximate surface area is 128 Å². The molecule has 5 nitrogen and oxygen atoms in total. The summed E-state index contributed by atoms with van der Waals surface area (Å²) in [7, 11) is 0. The Bertz CT molecular complexity index is 597. The molecule has 1 aromatic heterocycles. The van der Waals surface area contributed by atoms with Crippen LogP contribution in [0.2, 0.25) is 0 Å². The number of ether oxygens (including phenoxy) is 1. The number of thiophene rings is 1. The summed E-state index contributed by atoms with van der Waals surface area (Å²) in [6.45, 7) is 1.81. The van der Waals surface area contributed by atoms with Gasteiger partial charge in [-0.3, -0.25) is 4.79 Å².